The maximum Gasteiger partial charge on any atom is -0.0215 e. The van der Waals surface area contributed by atoms with E-state index in [0.717, 1.165) is 11.8 Å². The molecule has 2 saturated carbocycles. The monoisotopic (exact) mass is 208 g/mol. The van der Waals surface area contributed by atoms with Crippen molar-refractivity contribution < 1.29 is 0 Å². The Hall–Kier alpha value is 0. The molecule has 2 rings (SSSR count). The lowest BCUT2D eigenvalue weighted by molar-refractivity contribution is 0.0660. The third-order valence-corrected chi connectivity index (χ3v) is 5.42. The van der Waals surface area contributed by atoms with Gasteiger partial charge in [0.25, 0.3) is 0 Å². The molecule has 15 heavy (non-hydrogen) atoms. The van der Waals surface area contributed by atoms with Gasteiger partial charge in [-0.2, -0.15) is 0 Å². The van der Waals surface area contributed by atoms with Gasteiger partial charge >= 0.3 is 0 Å². The molecule has 2 aliphatic rings. The molecular formula is C15H28. The van der Waals surface area contributed by atoms with Gasteiger partial charge in [0.2, 0.25) is 0 Å². The Kier molecular flexibility index (Phi) is 2.31. The Morgan fingerprint density at radius 2 is 1.47 bits per heavy atom. The lowest BCUT2D eigenvalue weighted by atomic mass is 9.62. The van der Waals surface area contributed by atoms with Crippen molar-refractivity contribution in [1.29, 1.82) is 0 Å². The highest BCUT2D eigenvalue weighted by Crippen LogP contribution is 2.71. The molecule has 3 unspecified atom stereocenters. The van der Waals surface area contributed by atoms with E-state index in [9.17, 15) is 0 Å². The van der Waals surface area contributed by atoms with Crippen LogP contribution >= 0.6 is 0 Å². The molecule has 0 amide bonds. The molecule has 2 fully saturated rings. The zero-order valence-electron chi connectivity index (χ0n) is 11.5. The molecule has 0 nitrogen and oxygen atoms in total. The van der Waals surface area contributed by atoms with Crippen LogP contribution < -0.4 is 0 Å². The highest BCUT2D eigenvalue weighted by atomic mass is 14.7. The molecule has 0 N–H and O–H groups in total. The van der Waals surface area contributed by atoms with Crippen LogP contribution in [0.1, 0.15) is 67.2 Å². The van der Waals surface area contributed by atoms with Crippen molar-refractivity contribution in [3.8, 4) is 0 Å². The SMILES string of the molecule is CC(C)(C)C1CCC2CC2(C(C)(C)C)C1. The van der Waals surface area contributed by atoms with E-state index < -0.39 is 0 Å². The lowest BCUT2D eigenvalue weighted by Crippen LogP contribution is -2.34. The normalized spacial score (nSPS) is 41.2. The first kappa shape index (κ1) is 11.5. The van der Waals surface area contributed by atoms with Gasteiger partial charge in [-0.25, -0.2) is 0 Å². The Morgan fingerprint density at radius 3 is 1.93 bits per heavy atom. The van der Waals surface area contributed by atoms with Crippen molar-refractivity contribution in [2.75, 3.05) is 0 Å². The second-order valence-corrected chi connectivity index (χ2v) is 8.15. The Balaban J connectivity index is 2.14. The average Bonchev–Trinajstić information content (AvgIpc) is 2.74. The summed E-state index contributed by atoms with van der Waals surface area (Å²) in [4.78, 5) is 0. The van der Waals surface area contributed by atoms with Gasteiger partial charge in [-0.15, -0.1) is 0 Å². The molecule has 0 aromatic carbocycles. The molecule has 88 valence electrons. The standard InChI is InChI=1S/C15H28/c1-13(2,3)11-7-8-12-10-15(12,9-11)14(4,5)6/h11-12H,7-10H2,1-6H3. The summed E-state index contributed by atoms with van der Waals surface area (Å²) in [5.74, 6) is 2.02. The third kappa shape index (κ3) is 1.74. The summed E-state index contributed by atoms with van der Waals surface area (Å²) in [5.41, 5.74) is 1.76. The van der Waals surface area contributed by atoms with E-state index in [0.29, 0.717) is 16.2 Å². The summed E-state index contributed by atoms with van der Waals surface area (Å²) in [6.07, 6.45) is 5.99. The van der Waals surface area contributed by atoms with Crippen LogP contribution in [0, 0.1) is 28.1 Å². The Bertz CT molecular complexity index is 250. The third-order valence-electron chi connectivity index (χ3n) is 5.42. The predicted octanol–water partition coefficient (Wildman–Crippen LogP) is 4.89. The quantitative estimate of drug-likeness (QED) is 0.532. The van der Waals surface area contributed by atoms with Crippen molar-refractivity contribution in [1.82, 2.24) is 0 Å². The van der Waals surface area contributed by atoms with E-state index >= 15 is 0 Å². The fourth-order valence-electron chi connectivity index (χ4n) is 3.92. The molecule has 0 aliphatic heterocycles. The van der Waals surface area contributed by atoms with Gasteiger partial charge in [0.05, 0.1) is 0 Å². The molecule has 3 atom stereocenters. The summed E-state index contributed by atoms with van der Waals surface area (Å²) in [6, 6.07) is 0. The molecule has 0 heteroatoms. The Morgan fingerprint density at radius 1 is 0.867 bits per heavy atom. The van der Waals surface area contributed by atoms with Crippen molar-refractivity contribution >= 4 is 0 Å². The number of rotatable bonds is 0. The fourth-order valence-corrected chi connectivity index (χ4v) is 3.92. The summed E-state index contributed by atoms with van der Waals surface area (Å²) in [7, 11) is 0. The number of hydrogen-bond donors (Lipinski definition) is 0. The van der Waals surface area contributed by atoms with Crippen LogP contribution in [-0.2, 0) is 0 Å². The minimum atomic E-state index is 0.520. The van der Waals surface area contributed by atoms with Crippen LogP contribution in [-0.4, -0.2) is 0 Å². The maximum absolute atomic E-state index is 2.46. The minimum absolute atomic E-state index is 0.520. The minimum Gasteiger partial charge on any atom is -0.0599 e. The van der Waals surface area contributed by atoms with E-state index in [1.807, 2.05) is 0 Å². The highest BCUT2D eigenvalue weighted by molar-refractivity contribution is 5.12. The summed E-state index contributed by atoms with van der Waals surface area (Å²) in [5, 5.41) is 0. The molecule has 2 aliphatic carbocycles. The Labute approximate surface area is 95.8 Å². The number of hydrogen-bond acceptors (Lipinski definition) is 0. The molecule has 0 spiro atoms. The summed E-state index contributed by atoms with van der Waals surface area (Å²) in [6.45, 7) is 14.7. The van der Waals surface area contributed by atoms with Gasteiger partial charge in [-0.05, 0) is 53.8 Å². The van der Waals surface area contributed by atoms with Gasteiger partial charge in [0, 0.05) is 0 Å². The van der Waals surface area contributed by atoms with E-state index in [1.54, 1.807) is 0 Å². The smallest absolute Gasteiger partial charge is 0.0215 e. The molecule has 0 radical (unpaired) electrons. The predicted molar refractivity (Wildman–Crippen MR) is 66.8 cm³/mol. The van der Waals surface area contributed by atoms with Gasteiger partial charge in [-0.3, -0.25) is 0 Å². The van der Waals surface area contributed by atoms with Gasteiger partial charge < -0.3 is 0 Å². The fraction of sp³-hybridized carbons (Fsp3) is 1.00. The molecular weight excluding hydrogens is 180 g/mol. The zero-order valence-corrected chi connectivity index (χ0v) is 11.5. The average molecular weight is 208 g/mol. The van der Waals surface area contributed by atoms with E-state index in [1.165, 1.54) is 25.7 Å². The molecule has 0 aromatic rings. The van der Waals surface area contributed by atoms with Crippen LogP contribution in [0.2, 0.25) is 0 Å². The van der Waals surface area contributed by atoms with Crippen molar-refractivity contribution in [3.05, 3.63) is 0 Å². The van der Waals surface area contributed by atoms with Crippen molar-refractivity contribution in [2.45, 2.75) is 67.2 Å². The van der Waals surface area contributed by atoms with Crippen LogP contribution in [0.15, 0.2) is 0 Å². The van der Waals surface area contributed by atoms with Crippen LogP contribution in [0.5, 0.6) is 0 Å². The molecule has 0 bridgehead atoms. The first-order chi connectivity index (χ1) is 6.67. The zero-order chi connectivity index (χ0) is 11.5. The lowest BCUT2D eigenvalue weighted by Gasteiger charge is -2.43. The van der Waals surface area contributed by atoms with E-state index in [-0.39, 0.29) is 0 Å². The van der Waals surface area contributed by atoms with Crippen molar-refractivity contribution in [3.63, 3.8) is 0 Å². The summed E-state index contributed by atoms with van der Waals surface area (Å²) < 4.78 is 0. The first-order valence-corrected chi connectivity index (χ1v) is 6.67. The summed E-state index contributed by atoms with van der Waals surface area (Å²) >= 11 is 0. The van der Waals surface area contributed by atoms with E-state index in [2.05, 4.69) is 41.5 Å². The first-order valence-electron chi connectivity index (χ1n) is 6.67. The molecule has 0 aromatic heterocycles. The maximum atomic E-state index is 2.46. The second-order valence-electron chi connectivity index (χ2n) is 8.15. The van der Waals surface area contributed by atoms with Gasteiger partial charge in [0.1, 0.15) is 0 Å². The number of fused-ring (bicyclic) bond motifs is 1. The van der Waals surface area contributed by atoms with Crippen molar-refractivity contribution in [2.24, 2.45) is 28.1 Å². The van der Waals surface area contributed by atoms with Gasteiger partial charge in [0.15, 0.2) is 0 Å². The topological polar surface area (TPSA) is 0 Å². The van der Waals surface area contributed by atoms with Crippen LogP contribution in [0.4, 0.5) is 0 Å². The highest BCUT2D eigenvalue weighted by Gasteiger charge is 2.63. The largest absolute Gasteiger partial charge is 0.0599 e. The molecule has 0 saturated heterocycles. The second kappa shape index (κ2) is 3.02. The van der Waals surface area contributed by atoms with E-state index in [4.69, 9.17) is 0 Å². The molecule has 0 heterocycles. The van der Waals surface area contributed by atoms with Crippen LogP contribution in [0.25, 0.3) is 0 Å². The van der Waals surface area contributed by atoms with Crippen LogP contribution in [0.3, 0.4) is 0 Å². The van der Waals surface area contributed by atoms with Gasteiger partial charge in [-0.1, -0.05) is 41.5 Å².